The van der Waals surface area contributed by atoms with Crippen LogP contribution >= 0.6 is 0 Å². The predicted molar refractivity (Wildman–Crippen MR) is 199 cm³/mol. The van der Waals surface area contributed by atoms with Crippen molar-refractivity contribution in [1.29, 1.82) is 5.26 Å². The van der Waals surface area contributed by atoms with Crippen molar-refractivity contribution in [3.8, 4) is 73.9 Å². The van der Waals surface area contributed by atoms with Gasteiger partial charge in [0.1, 0.15) is 0 Å². The lowest BCUT2D eigenvalue weighted by molar-refractivity contribution is 0.838. The number of nitriles is 1. The molecule has 0 spiro atoms. The topological polar surface area (TPSA) is 88.2 Å². The van der Waals surface area contributed by atoms with Gasteiger partial charge in [-0.15, -0.1) is 0 Å². The summed E-state index contributed by atoms with van der Waals surface area (Å²) in [7, 11) is 0. The zero-order valence-corrected chi connectivity index (χ0v) is 27.1. The van der Waals surface area contributed by atoms with Crippen LogP contribution in [0.4, 0.5) is 0 Å². The molecule has 1 unspecified atom stereocenters. The summed E-state index contributed by atoms with van der Waals surface area (Å²) in [5, 5.41) is 9.34. The molecule has 6 nitrogen and oxygen atoms in total. The Morgan fingerprint density at radius 2 is 0.920 bits per heavy atom. The lowest BCUT2D eigenvalue weighted by atomic mass is 9.97. The van der Waals surface area contributed by atoms with Crippen molar-refractivity contribution in [3.05, 3.63) is 170 Å². The third-order valence-corrected chi connectivity index (χ3v) is 8.65. The number of hydrogen-bond donors (Lipinski definition) is 0. The average molecular weight is 643 g/mol. The minimum Gasteiger partial charge on any atom is -0.228 e. The van der Waals surface area contributed by atoms with Gasteiger partial charge in [-0.3, -0.25) is 0 Å². The number of aromatic nitrogens is 5. The van der Waals surface area contributed by atoms with Gasteiger partial charge in [0.25, 0.3) is 0 Å². The van der Waals surface area contributed by atoms with E-state index in [1.807, 2.05) is 97.1 Å². The van der Waals surface area contributed by atoms with Crippen LogP contribution in [0.25, 0.3) is 73.4 Å². The Morgan fingerprint density at radius 3 is 1.50 bits per heavy atom. The molecule has 236 valence electrons. The Morgan fingerprint density at radius 1 is 0.440 bits per heavy atom. The monoisotopic (exact) mass is 642 g/mol. The normalized spacial score (nSPS) is 13.7. The molecular formula is C44H30N6. The number of nitrogens with zero attached hydrogens (tertiary/aromatic N) is 6. The third kappa shape index (κ3) is 6.49. The van der Waals surface area contributed by atoms with Gasteiger partial charge in [0.05, 0.1) is 23.4 Å². The largest absolute Gasteiger partial charge is 0.228 e. The van der Waals surface area contributed by atoms with E-state index in [0.717, 1.165) is 55.9 Å². The van der Waals surface area contributed by atoms with Crippen LogP contribution in [0.15, 0.2) is 164 Å². The zero-order valence-electron chi connectivity index (χ0n) is 27.1. The molecule has 7 aromatic rings. The Hall–Kier alpha value is -6.84. The van der Waals surface area contributed by atoms with Gasteiger partial charge < -0.3 is 0 Å². The molecule has 8 rings (SSSR count). The van der Waals surface area contributed by atoms with Crippen molar-refractivity contribution in [1.82, 2.24) is 24.9 Å². The van der Waals surface area contributed by atoms with E-state index in [4.69, 9.17) is 24.9 Å². The predicted octanol–water partition coefficient (Wildman–Crippen LogP) is 10.1. The molecule has 6 heteroatoms. The second-order valence-electron chi connectivity index (χ2n) is 12.0. The van der Waals surface area contributed by atoms with Gasteiger partial charge in [0.2, 0.25) is 0 Å². The first-order valence-electron chi connectivity index (χ1n) is 16.5. The second-order valence-corrected chi connectivity index (χ2v) is 12.0. The van der Waals surface area contributed by atoms with Crippen LogP contribution in [-0.2, 0) is 0 Å². The molecule has 50 heavy (non-hydrogen) atoms. The van der Waals surface area contributed by atoms with E-state index < -0.39 is 0 Å². The molecule has 5 aromatic carbocycles. The summed E-state index contributed by atoms with van der Waals surface area (Å²) >= 11 is 0. The quantitative estimate of drug-likeness (QED) is 0.172. The van der Waals surface area contributed by atoms with E-state index in [0.29, 0.717) is 29.7 Å². The van der Waals surface area contributed by atoms with Crippen molar-refractivity contribution >= 4 is 5.57 Å². The van der Waals surface area contributed by atoms with E-state index in [1.54, 1.807) is 0 Å². The van der Waals surface area contributed by atoms with Crippen molar-refractivity contribution in [2.45, 2.75) is 6.42 Å². The molecule has 0 saturated heterocycles. The van der Waals surface area contributed by atoms with E-state index >= 15 is 0 Å². The highest BCUT2D eigenvalue weighted by Gasteiger charge is 2.16. The number of allylic oxidation sites excluding steroid dienone is 4. The van der Waals surface area contributed by atoms with Crippen molar-refractivity contribution < 1.29 is 0 Å². The van der Waals surface area contributed by atoms with Gasteiger partial charge in [0.15, 0.2) is 23.3 Å². The Labute approximate surface area is 290 Å². The number of benzene rings is 5. The molecule has 2 heterocycles. The number of hydrogen-bond acceptors (Lipinski definition) is 6. The highest BCUT2D eigenvalue weighted by molar-refractivity contribution is 5.77. The van der Waals surface area contributed by atoms with Gasteiger partial charge in [-0.25, -0.2) is 24.9 Å². The molecule has 1 aliphatic rings. The lowest BCUT2D eigenvalue weighted by Crippen LogP contribution is -2.04. The van der Waals surface area contributed by atoms with Gasteiger partial charge in [-0.1, -0.05) is 152 Å². The molecule has 0 bridgehead atoms. The summed E-state index contributed by atoms with van der Waals surface area (Å²) in [6.45, 7) is 0. The standard InChI is InChI=1S/C44H30N6/c45-29-30-19-21-35(22-20-30)43-48-42(34-15-8-3-9-16-34)49-44(50-43)36-25-23-31(24-26-36)37-17-10-18-38(27-37)40-28-39(32-11-4-1-5-12-32)46-41(47-40)33-13-6-2-7-14-33/h1-19,21-28,30H,20H2. The Kier molecular flexibility index (Phi) is 8.36. The van der Waals surface area contributed by atoms with Crippen LogP contribution in [0, 0.1) is 17.2 Å². The SMILES string of the molecule is N#CC1C=CC(c2nc(-c3ccccc3)nc(-c3ccc(-c4cccc(-c5cc(-c6ccccc6)nc(-c6ccccc6)n5)c4)cc3)n2)=CC1. The first-order chi connectivity index (χ1) is 24.7. The summed E-state index contributed by atoms with van der Waals surface area (Å²) in [6.07, 6.45) is 6.51. The van der Waals surface area contributed by atoms with Crippen LogP contribution in [0.2, 0.25) is 0 Å². The Bertz CT molecular complexity index is 2340. The van der Waals surface area contributed by atoms with Crippen molar-refractivity contribution in [3.63, 3.8) is 0 Å². The molecule has 0 amide bonds. The second kappa shape index (κ2) is 13.7. The minimum atomic E-state index is -0.133. The molecule has 0 N–H and O–H groups in total. The maximum atomic E-state index is 9.34. The molecule has 1 aliphatic carbocycles. The maximum absolute atomic E-state index is 9.34. The first kappa shape index (κ1) is 30.5. The molecule has 2 aromatic heterocycles. The highest BCUT2D eigenvalue weighted by Crippen LogP contribution is 2.32. The average Bonchev–Trinajstić information content (AvgIpc) is 3.21. The fourth-order valence-electron chi connectivity index (χ4n) is 5.97. The maximum Gasteiger partial charge on any atom is 0.164 e. The summed E-state index contributed by atoms with van der Waals surface area (Å²) in [5.74, 6) is 2.34. The molecular weight excluding hydrogens is 613 g/mol. The zero-order chi connectivity index (χ0) is 33.7. The molecule has 0 aliphatic heterocycles. The Balaban J connectivity index is 1.14. The van der Waals surface area contributed by atoms with Crippen LogP contribution in [0.3, 0.4) is 0 Å². The summed E-state index contributed by atoms with van der Waals surface area (Å²) in [4.78, 5) is 24.6. The summed E-state index contributed by atoms with van der Waals surface area (Å²) in [6, 6.07) is 51.4. The van der Waals surface area contributed by atoms with Gasteiger partial charge >= 0.3 is 0 Å². The fourth-order valence-corrected chi connectivity index (χ4v) is 5.97. The van der Waals surface area contributed by atoms with E-state index in [1.165, 1.54) is 0 Å². The third-order valence-electron chi connectivity index (χ3n) is 8.65. The molecule has 0 saturated carbocycles. The van der Waals surface area contributed by atoms with E-state index in [2.05, 4.69) is 72.8 Å². The highest BCUT2D eigenvalue weighted by atomic mass is 15.0. The lowest BCUT2D eigenvalue weighted by Gasteiger charge is -2.12. The van der Waals surface area contributed by atoms with E-state index in [9.17, 15) is 5.26 Å². The van der Waals surface area contributed by atoms with Crippen molar-refractivity contribution in [2.75, 3.05) is 0 Å². The van der Waals surface area contributed by atoms with Gasteiger partial charge in [-0.2, -0.15) is 5.26 Å². The number of rotatable bonds is 7. The summed E-state index contributed by atoms with van der Waals surface area (Å²) < 4.78 is 0. The van der Waals surface area contributed by atoms with Gasteiger partial charge in [0, 0.05) is 33.4 Å². The van der Waals surface area contributed by atoms with Crippen molar-refractivity contribution in [2.24, 2.45) is 5.92 Å². The van der Waals surface area contributed by atoms with Gasteiger partial charge in [-0.05, 0) is 29.7 Å². The summed E-state index contributed by atoms with van der Waals surface area (Å²) in [5.41, 5.74) is 9.57. The minimum absolute atomic E-state index is 0.133. The first-order valence-corrected chi connectivity index (χ1v) is 16.5. The van der Waals surface area contributed by atoms with Crippen LogP contribution in [0.1, 0.15) is 12.2 Å². The molecule has 0 fully saturated rings. The fraction of sp³-hybridized carbons (Fsp3) is 0.0455. The smallest absolute Gasteiger partial charge is 0.164 e. The van der Waals surface area contributed by atoms with Crippen LogP contribution in [0.5, 0.6) is 0 Å². The van der Waals surface area contributed by atoms with E-state index in [-0.39, 0.29) is 5.92 Å². The molecule has 0 radical (unpaired) electrons. The molecule has 1 atom stereocenters. The van der Waals surface area contributed by atoms with Crippen LogP contribution in [-0.4, -0.2) is 24.9 Å². The van der Waals surface area contributed by atoms with Crippen LogP contribution < -0.4 is 0 Å².